The van der Waals surface area contributed by atoms with E-state index in [-0.39, 0.29) is 12.7 Å². The highest BCUT2D eigenvalue weighted by atomic mass is 16.7. The first-order valence-corrected chi connectivity index (χ1v) is 8.47. The third-order valence-corrected chi connectivity index (χ3v) is 4.19. The van der Waals surface area contributed by atoms with E-state index in [1.807, 2.05) is 56.3 Å². The number of ether oxygens (including phenoxy) is 3. The van der Waals surface area contributed by atoms with Gasteiger partial charge in [0.1, 0.15) is 5.75 Å². The normalized spacial score (nSPS) is 13.4. The van der Waals surface area contributed by atoms with Crippen molar-refractivity contribution in [2.45, 2.75) is 33.4 Å². The maximum Gasteiger partial charge on any atom is 0.263 e. The number of carbonyl (C=O) groups excluding carboxylic acids is 1. The molecule has 3 rings (SSSR count). The Bertz CT molecular complexity index is 742. The Morgan fingerprint density at radius 1 is 1.16 bits per heavy atom. The molecule has 2 aromatic carbocycles. The minimum atomic E-state index is -0.545. The van der Waals surface area contributed by atoms with Crippen LogP contribution in [0.5, 0.6) is 17.2 Å². The van der Waals surface area contributed by atoms with Crippen LogP contribution in [-0.4, -0.2) is 30.2 Å². The molecule has 0 radical (unpaired) electrons. The zero-order valence-electron chi connectivity index (χ0n) is 14.8. The monoisotopic (exact) mass is 341 g/mol. The number of rotatable bonds is 6. The van der Waals surface area contributed by atoms with Crippen LogP contribution in [0.3, 0.4) is 0 Å². The van der Waals surface area contributed by atoms with E-state index in [0.717, 1.165) is 22.6 Å². The average molecular weight is 341 g/mol. The molecule has 1 heterocycles. The van der Waals surface area contributed by atoms with Crippen LogP contribution in [0.4, 0.5) is 0 Å². The number of amides is 1. The number of benzene rings is 2. The Morgan fingerprint density at radius 3 is 2.60 bits per heavy atom. The van der Waals surface area contributed by atoms with E-state index in [9.17, 15) is 4.79 Å². The molecule has 0 N–H and O–H groups in total. The fraction of sp³-hybridized carbons (Fsp3) is 0.350. The summed E-state index contributed by atoms with van der Waals surface area (Å²) in [6.45, 7) is 7.12. The topological polar surface area (TPSA) is 48.0 Å². The minimum absolute atomic E-state index is 0.0410. The number of fused-ring (bicyclic) bond motifs is 1. The van der Waals surface area contributed by atoms with Gasteiger partial charge in [0, 0.05) is 13.1 Å². The SMILES string of the molecule is CCN(Cc1ccc2c(c1)OCO2)C(=O)C(C)Oc1ccc(C)cc1. The van der Waals surface area contributed by atoms with Gasteiger partial charge in [-0.1, -0.05) is 23.8 Å². The molecule has 5 nitrogen and oxygen atoms in total. The van der Waals surface area contributed by atoms with E-state index in [1.54, 1.807) is 11.8 Å². The number of nitrogens with zero attached hydrogens (tertiary/aromatic N) is 1. The number of aryl methyl sites for hydroxylation is 1. The van der Waals surface area contributed by atoms with Gasteiger partial charge in [-0.25, -0.2) is 0 Å². The van der Waals surface area contributed by atoms with Crippen LogP contribution in [0.15, 0.2) is 42.5 Å². The summed E-state index contributed by atoms with van der Waals surface area (Å²) < 4.78 is 16.5. The van der Waals surface area contributed by atoms with Crippen molar-refractivity contribution in [1.82, 2.24) is 4.90 Å². The molecule has 1 atom stereocenters. The standard InChI is InChI=1S/C20H23NO4/c1-4-21(12-16-7-10-18-19(11-16)24-13-23-18)20(22)15(3)25-17-8-5-14(2)6-9-17/h5-11,15H,4,12-13H2,1-3H3. The van der Waals surface area contributed by atoms with Crippen LogP contribution in [0.25, 0.3) is 0 Å². The van der Waals surface area contributed by atoms with Crippen molar-refractivity contribution in [3.05, 3.63) is 53.6 Å². The van der Waals surface area contributed by atoms with Gasteiger partial charge in [0.25, 0.3) is 5.91 Å². The highest BCUT2D eigenvalue weighted by Crippen LogP contribution is 2.32. The van der Waals surface area contributed by atoms with Crippen LogP contribution in [0, 0.1) is 6.92 Å². The van der Waals surface area contributed by atoms with Gasteiger partial charge in [0.05, 0.1) is 0 Å². The van der Waals surface area contributed by atoms with Crippen LogP contribution in [-0.2, 0) is 11.3 Å². The second kappa shape index (κ2) is 7.47. The third-order valence-electron chi connectivity index (χ3n) is 4.19. The summed E-state index contributed by atoms with van der Waals surface area (Å²) in [5, 5.41) is 0. The van der Waals surface area contributed by atoms with Gasteiger partial charge >= 0.3 is 0 Å². The summed E-state index contributed by atoms with van der Waals surface area (Å²) in [6.07, 6.45) is -0.545. The lowest BCUT2D eigenvalue weighted by molar-refractivity contribution is -0.138. The summed E-state index contributed by atoms with van der Waals surface area (Å²) in [6, 6.07) is 13.5. The molecule has 1 unspecified atom stereocenters. The molecule has 5 heteroatoms. The van der Waals surface area contributed by atoms with E-state index in [1.165, 1.54) is 0 Å². The third kappa shape index (κ3) is 4.05. The van der Waals surface area contributed by atoms with Crippen molar-refractivity contribution >= 4 is 5.91 Å². The molecule has 0 saturated heterocycles. The van der Waals surface area contributed by atoms with Crippen LogP contribution >= 0.6 is 0 Å². The second-order valence-electron chi connectivity index (χ2n) is 6.11. The quantitative estimate of drug-likeness (QED) is 0.806. The highest BCUT2D eigenvalue weighted by Gasteiger charge is 2.22. The van der Waals surface area contributed by atoms with Crippen molar-refractivity contribution in [3.63, 3.8) is 0 Å². The summed E-state index contributed by atoms with van der Waals surface area (Å²) in [4.78, 5) is 14.5. The Hall–Kier alpha value is -2.69. The number of hydrogen-bond acceptors (Lipinski definition) is 4. The lowest BCUT2D eigenvalue weighted by Gasteiger charge is -2.25. The Balaban J connectivity index is 1.65. The van der Waals surface area contributed by atoms with Crippen molar-refractivity contribution in [2.75, 3.05) is 13.3 Å². The largest absolute Gasteiger partial charge is 0.481 e. The van der Waals surface area contributed by atoms with Crippen molar-refractivity contribution in [1.29, 1.82) is 0 Å². The summed E-state index contributed by atoms with van der Waals surface area (Å²) in [7, 11) is 0. The van der Waals surface area contributed by atoms with Gasteiger partial charge < -0.3 is 19.1 Å². The maximum atomic E-state index is 12.7. The highest BCUT2D eigenvalue weighted by molar-refractivity contribution is 5.80. The van der Waals surface area contributed by atoms with Gasteiger partial charge in [-0.3, -0.25) is 4.79 Å². The molecule has 0 fully saturated rings. The Kier molecular flexibility index (Phi) is 5.12. The Labute approximate surface area is 148 Å². The first kappa shape index (κ1) is 17.1. The predicted octanol–water partition coefficient (Wildman–Crippen LogP) is 3.54. The van der Waals surface area contributed by atoms with Gasteiger partial charge in [-0.15, -0.1) is 0 Å². The number of hydrogen-bond donors (Lipinski definition) is 0. The smallest absolute Gasteiger partial charge is 0.263 e. The van der Waals surface area contributed by atoms with Gasteiger partial charge in [0.15, 0.2) is 17.6 Å². The minimum Gasteiger partial charge on any atom is -0.481 e. The molecule has 1 amide bonds. The number of carbonyl (C=O) groups is 1. The zero-order chi connectivity index (χ0) is 17.8. The van der Waals surface area contributed by atoms with Crippen molar-refractivity contribution < 1.29 is 19.0 Å². The molecule has 0 spiro atoms. The van der Waals surface area contributed by atoms with E-state index in [2.05, 4.69) is 0 Å². The fourth-order valence-electron chi connectivity index (χ4n) is 2.73. The van der Waals surface area contributed by atoms with Crippen LogP contribution < -0.4 is 14.2 Å². The van der Waals surface area contributed by atoms with E-state index >= 15 is 0 Å². The first-order valence-electron chi connectivity index (χ1n) is 8.47. The van der Waals surface area contributed by atoms with Gasteiger partial charge in [-0.2, -0.15) is 0 Å². The lowest BCUT2D eigenvalue weighted by atomic mass is 10.1. The maximum absolute atomic E-state index is 12.7. The van der Waals surface area contributed by atoms with Gasteiger partial charge in [0.2, 0.25) is 6.79 Å². The summed E-state index contributed by atoms with van der Waals surface area (Å²) in [5.74, 6) is 2.13. The van der Waals surface area contributed by atoms with Crippen molar-refractivity contribution in [3.8, 4) is 17.2 Å². The molecule has 1 aliphatic heterocycles. The summed E-state index contributed by atoms with van der Waals surface area (Å²) in [5.41, 5.74) is 2.16. The molecule has 0 aliphatic carbocycles. The van der Waals surface area contributed by atoms with E-state index in [0.29, 0.717) is 18.8 Å². The van der Waals surface area contributed by atoms with E-state index in [4.69, 9.17) is 14.2 Å². The molecule has 132 valence electrons. The molecule has 0 aromatic heterocycles. The van der Waals surface area contributed by atoms with Crippen molar-refractivity contribution in [2.24, 2.45) is 0 Å². The van der Waals surface area contributed by atoms with Crippen LogP contribution in [0.1, 0.15) is 25.0 Å². The first-order chi connectivity index (χ1) is 12.1. The molecule has 0 saturated carbocycles. The molecule has 25 heavy (non-hydrogen) atoms. The summed E-state index contributed by atoms with van der Waals surface area (Å²) >= 11 is 0. The molecular formula is C20H23NO4. The Morgan fingerprint density at radius 2 is 1.88 bits per heavy atom. The molecule has 1 aliphatic rings. The average Bonchev–Trinajstić information content (AvgIpc) is 3.08. The van der Waals surface area contributed by atoms with Gasteiger partial charge in [-0.05, 0) is 50.6 Å². The zero-order valence-corrected chi connectivity index (χ0v) is 14.8. The predicted molar refractivity (Wildman–Crippen MR) is 94.9 cm³/mol. The number of likely N-dealkylation sites (N-methyl/N-ethyl adjacent to an activating group) is 1. The second-order valence-corrected chi connectivity index (χ2v) is 6.11. The van der Waals surface area contributed by atoms with E-state index < -0.39 is 6.10 Å². The van der Waals surface area contributed by atoms with Crippen LogP contribution in [0.2, 0.25) is 0 Å². The fourth-order valence-corrected chi connectivity index (χ4v) is 2.73. The molecular weight excluding hydrogens is 318 g/mol. The molecule has 2 aromatic rings. The molecule has 0 bridgehead atoms. The lowest BCUT2D eigenvalue weighted by Crippen LogP contribution is -2.39.